The normalized spacial score (nSPS) is 10.1. The van der Waals surface area contributed by atoms with Crippen molar-refractivity contribution in [2.75, 3.05) is 14.2 Å². The van der Waals surface area contributed by atoms with Crippen LogP contribution in [0.25, 0.3) is 0 Å². The van der Waals surface area contributed by atoms with E-state index in [1.54, 1.807) is 0 Å². The molecule has 0 spiro atoms. The minimum atomic E-state index is -0.0754. The molecule has 0 atom stereocenters. The maximum Gasteiger partial charge on any atom is 0.224 e. The number of carbonyl (C=O) groups is 1. The van der Waals surface area contributed by atoms with Gasteiger partial charge in [0.05, 0.1) is 27.2 Å². The third-order valence-electron chi connectivity index (χ3n) is 2.86. The molecule has 0 radical (unpaired) electrons. The number of ether oxygens (including phenoxy) is 2. The predicted molar refractivity (Wildman–Crippen MR) is 73.8 cm³/mol. The molecular weight excluding hydrogens is 258 g/mol. The van der Waals surface area contributed by atoms with E-state index < -0.39 is 0 Å². The molecule has 2 rings (SSSR count). The van der Waals surface area contributed by atoms with Gasteiger partial charge in [0.15, 0.2) is 11.5 Å². The molecule has 0 aliphatic rings. The Hall–Kier alpha value is -2.43. The smallest absolute Gasteiger partial charge is 0.224 e. The van der Waals surface area contributed by atoms with E-state index >= 15 is 0 Å². The van der Waals surface area contributed by atoms with Crippen molar-refractivity contribution in [2.24, 2.45) is 0 Å². The lowest BCUT2D eigenvalue weighted by Gasteiger charge is -2.06. The van der Waals surface area contributed by atoms with E-state index in [2.05, 4.69) is 5.32 Å². The van der Waals surface area contributed by atoms with Gasteiger partial charge in [0.2, 0.25) is 11.7 Å². The Kier molecular flexibility index (Phi) is 4.65. The van der Waals surface area contributed by atoms with E-state index in [1.165, 1.54) is 20.5 Å². The molecule has 1 aromatic carbocycles. The second-order valence-corrected chi connectivity index (χ2v) is 4.20. The van der Waals surface area contributed by atoms with Crippen LogP contribution in [0.3, 0.4) is 0 Å². The second kappa shape index (κ2) is 6.65. The van der Waals surface area contributed by atoms with E-state index in [-0.39, 0.29) is 12.5 Å². The summed E-state index contributed by atoms with van der Waals surface area (Å²) in [5.41, 5.74) is 0.967. The molecule has 106 valence electrons. The first kappa shape index (κ1) is 14.0. The van der Waals surface area contributed by atoms with Crippen LogP contribution in [0.4, 0.5) is 0 Å². The van der Waals surface area contributed by atoms with Crippen molar-refractivity contribution in [1.82, 2.24) is 5.32 Å². The summed E-state index contributed by atoms with van der Waals surface area (Å²) < 4.78 is 15.6. The summed E-state index contributed by atoms with van der Waals surface area (Å²) >= 11 is 0. The number of hydrogen-bond donors (Lipinski definition) is 1. The van der Waals surface area contributed by atoms with Crippen LogP contribution in [0.2, 0.25) is 0 Å². The van der Waals surface area contributed by atoms with Crippen LogP contribution in [0.1, 0.15) is 11.3 Å². The Labute approximate surface area is 117 Å². The number of amides is 1. The highest BCUT2D eigenvalue weighted by molar-refractivity contribution is 5.78. The average Bonchev–Trinajstić information content (AvgIpc) is 2.88. The van der Waals surface area contributed by atoms with Crippen molar-refractivity contribution in [2.45, 2.75) is 13.0 Å². The van der Waals surface area contributed by atoms with Gasteiger partial charge in [-0.2, -0.15) is 0 Å². The van der Waals surface area contributed by atoms with Crippen LogP contribution < -0.4 is 14.8 Å². The van der Waals surface area contributed by atoms with Crippen LogP contribution in [-0.2, 0) is 17.8 Å². The van der Waals surface area contributed by atoms with E-state index in [0.29, 0.717) is 23.7 Å². The molecule has 0 aliphatic carbocycles. The maximum absolute atomic E-state index is 11.8. The van der Waals surface area contributed by atoms with Crippen molar-refractivity contribution < 1.29 is 18.7 Å². The van der Waals surface area contributed by atoms with Gasteiger partial charge in [-0.3, -0.25) is 4.79 Å². The first-order valence-electron chi connectivity index (χ1n) is 6.23. The van der Waals surface area contributed by atoms with Gasteiger partial charge >= 0.3 is 0 Å². The average molecular weight is 275 g/mol. The molecule has 0 saturated heterocycles. The molecule has 0 bridgehead atoms. The molecule has 0 aliphatic heterocycles. The van der Waals surface area contributed by atoms with Crippen molar-refractivity contribution >= 4 is 5.91 Å². The van der Waals surface area contributed by atoms with E-state index in [1.807, 2.05) is 30.3 Å². The fraction of sp³-hybridized carbons (Fsp3) is 0.267. The maximum atomic E-state index is 11.8. The Balaban J connectivity index is 1.92. The van der Waals surface area contributed by atoms with Gasteiger partial charge < -0.3 is 19.2 Å². The third-order valence-corrected chi connectivity index (χ3v) is 2.86. The zero-order valence-electron chi connectivity index (χ0n) is 11.5. The third kappa shape index (κ3) is 3.32. The summed E-state index contributed by atoms with van der Waals surface area (Å²) in [6, 6.07) is 9.56. The number of methoxy groups -OCH3 is 2. The SMILES string of the molecule is COc1coc(CNC(=O)Cc2ccccc2)c1OC. The van der Waals surface area contributed by atoms with Gasteiger partial charge in [-0.05, 0) is 5.56 Å². The highest BCUT2D eigenvalue weighted by Crippen LogP contribution is 2.32. The first-order chi connectivity index (χ1) is 9.74. The number of hydrogen-bond acceptors (Lipinski definition) is 4. The minimum Gasteiger partial charge on any atom is -0.490 e. The van der Waals surface area contributed by atoms with E-state index in [4.69, 9.17) is 13.9 Å². The monoisotopic (exact) mass is 275 g/mol. The number of rotatable bonds is 6. The molecule has 2 aromatic rings. The highest BCUT2D eigenvalue weighted by Gasteiger charge is 2.15. The molecule has 20 heavy (non-hydrogen) atoms. The van der Waals surface area contributed by atoms with Gasteiger partial charge in [-0.15, -0.1) is 0 Å². The van der Waals surface area contributed by atoms with Gasteiger partial charge in [-0.25, -0.2) is 0 Å². The van der Waals surface area contributed by atoms with Gasteiger partial charge in [-0.1, -0.05) is 30.3 Å². The molecule has 1 amide bonds. The molecule has 0 unspecified atom stereocenters. The lowest BCUT2D eigenvalue weighted by molar-refractivity contribution is -0.120. The van der Waals surface area contributed by atoms with Gasteiger partial charge in [0, 0.05) is 0 Å². The Bertz CT molecular complexity index is 563. The number of furan rings is 1. The lowest BCUT2D eigenvalue weighted by atomic mass is 10.1. The fourth-order valence-electron chi connectivity index (χ4n) is 1.87. The molecule has 0 saturated carbocycles. The standard InChI is InChI=1S/C15H17NO4/c1-18-13-10-20-12(15(13)19-2)9-16-14(17)8-11-6-4-3-5-7-11/h3-7,10H,8-9H2,1-2H3,(H,16,17). The van der Waals surface area contributed by atoms with Crippen LogP contribution in [0, 0.1) is 0 Å². The van der Waals surface area contributed by atoms with Crippen molar-refractivity contribution in [3.63, 3.8) is 0 Å². The summed E-state index contributed by atoms with van der Waals surface area (Å²) in [6.45, 7) is 0.262. The first-order valence-corrected chi connectivity index (χ1v) is 6.23. The van der Waals surface area contributed by atoms with Crippen molar-refractivity contribution in [3.05, 3.63) is 47.9 Å². The zero-order valence-corrected chi connectivity index (χ0v) is 11.5. The summed E-state index contributed by atoms with van der Waals surface area (Å²) in [5, 5.41) is 2.79. The number of carbonyl (C=O) groups excluding carboxylic acids is 1. The van der Waals surface area contributed by atoms with Crippen LogP contribution >= 0.6 is 0 Å². The van der Waals surface area contributed by atoms with Crippen molar-refractivity contribution in [3.8, 4) is 11.5 Å². The van der Waals surface area contributed by atoms with Crippen LogP contribution in [-0.4, -0.2) is 20.1 Å². The Morgan fingerprint density at radius 2 is 1.95 bits per heavy atom. The molecular formula is C15H17NO4. The number of benzene rings is 1. The Morgan fingerprint density at radius 1 is 1.20 bits per heavy atom. The molecule has 1 N–H and O–H groups in total. The summed E-state index contributed by atoms with van der Waals surface area (Å²) in [5.74, 6) is 1.48. The largest absolute Gasteiger partial charge is 0.490 e. The summed E-state index contributed by atoms with van der Waals surface area (Å²) in [7, 11) is 3.06. The molecule has 5 heteroatoms. The molecule has 0 fully saturated rings. The van der Waals surface area contributed by atoms with E-state index in [9.17, 15) is 4.79 Å². The lowest BCUT2D eigenvalue weighted by Crippen LogP contribution is -2.24. The zero-order chi connectivity index (χ0) is 14.4. The van der Waals surface area contributed by atoms with Crippen molar-refractivity contribution in [1.29, 1.82) is 0 Å². The summed E-state index contributed by atoms with van der Waals surface area (Å²) in [4.78, 5) is 11.8. The van der Waals surface area contributed by atoms with Crippen LogP contribution in [0.5, 0.6) is 11.5 Å². The topological polar surface area (TPSA) is 60.7 Å². The number of nitrogens with one attached hydrogen (secondary N) is 1. The van der Waals surface area contributed by atoms with E-state index in [0.717, 1.165) is 5.56 Å². The molecule has 1 heterocycles. The Morgan fingerprint density at radius 3 is 2.60 bits per heavy atom. The summed E-state index contributed by atoms with van der Waals surface area (Å²) in [6.07, 6.45) is 1.79. The van der Waals surface area contributed by atoms with Gasteiger partial charge in [0.25, 0.3) is 0 Å². The van der Waals surface area contributed by atoms with Gasteiger partial charge in [0.1, 0.15) is 6.26 Å². The highest BCUT2D eigenvalue weighted by atomic mass is 16.5. The predicted octanol–water partition coefficient (Wildman–Crippen LogP) is 2.16. The fourth-order valence-corrected chi connectivity index (χ4v) is 1.87. The minimum absolute atomic E-state index is 0.0754. The second-order valence-electron chi connectivity index (χ2n) is 4.20. The molecule has 1 aromatic heterocycles. The van der Waals surface area contributed by atoms with Crippen LogP contribution in [0.15, 0.2) is 41.0 Å². The quantitative estimate of drug-likeness (QED) is 0.877. The molecule has 5 nitrogen and oxygen atoms in total.